The summed E-state index contributed by atoms with van der Waals surface area (Å²) in [5, 5.41) is 3.00. The molecule has 184 valence electrons. The molecule has 4 rings (SSSR count). The first-order valence-electron chi connectivity index (χ1n) is 12.9. The molecule has 2 N–H and O–H groups in total. The summed E-state index contributed by atoms with van der Waals surface area (Å²) in [7, 11) is 0. The molecule has 0 unspecified atom stereocenters. The number of hydrogen-bond donors (Lipinski definition) is 2. The number of nitrogens with one attached hydrogen (secondary N) is 2. The molecule has 1 aromatic heterocycles. The highest BCUT2D eigenvalue weighted by molar-refractivity contribution is 5.97. The Kier molecular flexibility index (Phi) is 7.64. The summed E-state index contributed by atoms with van der Waals surface area (Å²) in [6.07, 6.45) is 9.79. The number of carbonyl (C=O) groups is 1. The largest absolute Gasteiger partial charge is 0.490 e. The monoisotopic (exact) mass is 465 g/mol. The van der Waals surface area contributed by atoms with Crippen LogP contribution in [-0.2, 0) is 6.54 Å². The maximum absolute atomic E-state index is 13.4. The third-order valence-electron chi connectivity index (χ3n) is 7.54. The molecular weight excluding hydrogens is 426 g/mol. The van der Waals surface area contributed by atoms with Gasteiger partial charge >= 0.3 is 0 Å². The van der Waals surface area contributed by atoms with Crippen molar-refractivity contribution in [2.24, 2.45) is 0 Å². The fourth-order valence-electron chi connectivity index (χ4n) is 5.34. The number of benzene rings is 1. The predicted octanol–water partition coefficient (Wildman–Crippen LogP) is 5.32. The lowest BCUT2D eigenvalue weighted by molar-refractivity contribution is 0.0946. The molecule has 0 radical (unpaired) electrons. The summed E-state index contributed by atoms with van der Waals surface area (Å²) < 4.78 is 6.27. The van der Waals surface area contributed by atoms with E-state index in [9.17, 15) is 9.59 Å². The standard InChI is InChI=1S/C28H39N3O3/c1-5-31(21-10-7-6-8-11-21)26-16-23(34-22-12-9-13-22)15-24(20(26)4)27(32)29-17-25-18(2)14-19(3)30-28(25)33/h14-16,21-22H,5-13,17H2,1-4H3,(H,29,32)(H,30,33). The number of H-pyrrole nitrogens is 1. The van der Waals surface area contributed by atoms with E-state index in [0.717, 1.165) is 47.6 Å². The highest BCUT2D eigenvalue weighted by Gasteiger charge is 2.26. The molecule has 6 nitrogen and oxygen atoms in total. The van der Waals surface area contributed by atoms with Crippen LogP contribution in [0, 0.1) is 20.8 Å². The zero-order chi connectivity index (χ0) is 24.2. The van der Waals surface area contributed by atoms with Crippen molar-refractivity contribution in [1.82, 2.24) is 10.3 Å². The van der Waals surface area contributed by atoms with Gasteiger partial charge < -0.3 is 19.9 Å². The number of carbonyl (C=O) groups excluding carboxylic acids is 1. The summed E-state index contributed by atoms with van der Waals surface area (Å²) in [5.41, 5.74) is 4.85. The van der Waals surface area contributed by atoms with Crippen molar-refractivity contribution in [3.8, 4) is 5.75 Å². The highest BCUT2D eigenvalue weighted by atomic mass is 16.5. The molecule has 2 aliphatic rings. The van der Waals surface area contributed by atoms with Gasteiger partial charge in [-0.25, -0.2) is 0 Å². The van der Waals surface area contributed by atoms with E-state index < -0.39 is 0 Å². The van der Waals surface area contributed by atoms with Gasteiger partial charge in [0.2, 0.25) is 0 Å². The molecule has 6 heteroatoms. The first-order chi connectivity index (χ1) is 16.4. The molecule has 1 heterocycles. The number of ether oxygens (including phenoxy) is 1. The van der Waals surface area contributed by atoms with Gasteiger partial charge in [-0.15, -0.1) is 0 Å². The molecule has 0 atom stereocenters. The Labute approximate surface area is 203 Å². The number of amides is 1. The Morgan fingerprint density at radius 3 is 2.41 bits per heavy atom. The van der Waals surface area contributed by atoms with Crippen LogP contribution in [0.4, 0.5) is 5.69 Å². The van der Waals surface area contributed by atoms with Crippen LogP contribution in [0.15, 0.2) is 23.0 Å². The van der Waals surface area contributed by atoms with Crippen molar-refractivity contribution >= 4 is 11.6 Å². The summed E-state index contributed by atoms with van der Waals surface area (Å²) in [4.78, 5) is 31.1. The topological polar surface area (TPSA) is 74.4 Å². The molecule has 2 aromatic rings. The van der Waals surface area contributed by atoms with Crippen molar-refractivity contribution in [3.05, 3.63) is 56.5 Å². The van der Waals surface area contributed by atoms with E-state index in [0.29, 0.717) is 17.2 Å². The second-order valence-electron chi connectivity index (χ2n) is 9.99. The van der Waals surface area contributed by atoms with Crippen LogP contribution in [0.1, 0.15) is 91.0 Å². The zero-order valence-corrected chi connectivity index (χ0v) is 21.1. The van der Waals surface area contributed by atoms with Gasteiger partial charge in [0.1, 0.15) is 5.75 Å². The lowest BCUT2D eigenvalue weighted by Crippen LogP contribution is -2.37. The Morgan fingerprint density at radius 1 is 1.06 bits per heavy atom. The van der Waals surface area contributed by atoms with Crippen LogP contribution < -0.4 is 20.5 Å². The normalized spacial score (nSPS) is 16.7. The number of aromatic amines is 1. The average molecular weight is 466 g/mol. The second kappa shape index (κ2) is 10.7. The number of hydrogen-bond acceptors (Lipinski definition) is 4. The molecule has 2 aliphatic carbocycles. The quantitative estimate of drug-likeness (QED) is 0.553. The molecule has 0 aliphatic heterocycles. The number of nitrogens with zero attached hydrogens (tertiary/aromatic N) is 1. The Morgan fingerprint density at radius 2 is 1.79 bits per heavy atom. The van der Waals surface area contributed by atoms with Crippen molar-refractivity contribution in [2.45, 2.75) is 97.8 Å². The summed E-state index contributed by atoms with van der Waals surface area (Å²) in [6, 6.07) is 6.45. The van der Waals surface area contributed by atoms with Gasteiger partial charge in [-0.3, -0.25) is 9.59 Å². The van der Waals surface area contributed by atoms with Gasteiger partial charge in [-0.2, -0.15) is 0 Å². The van der Waals surface area contributed by atoms with E-state index in [1.807, 2.05) is 32.9 Å². The lowest BCUT2D eigenvalue weighted by atomic mass is 9.92. The van der Waals surface area contributed by atoms with Crippen LogP contribution in [0.3, 0.4) is 0 Å². The third kappa shape index (κ3) is 5.31. The minimum atomic E-state index is -0.170. The van der Waals surface area contributed by atoms with E-state index in [-0.39, 0.29) is 24.1 Å². The number of anilines is 1. The number of pyridine rings is 1. The van der Waals surface area contributed by atoms with Gasteiger partial charge in [0, 0.05) is 47.7 Å². The first kappa shape index (κ1) is 24.4. The Bertz CT molecular complexity index is 1080. The molecule has 1 aromatic carbocycles. The van der Waals surface area contributed by atoms with Gasteiger partial charge in [-0.1, -0.05) is 19.3 Å². The van der Waals surface area contributed by atoms with Crippen molar-refractivity contribution in [1.29, 1.82) is 0 Å². The lowest BCUT2D eigenvalue weighted by Gasteiger charge is -2.37. The molecule has 34 heavy (non-hydrogen) atoms. The smallest absolute Gasteiger partial charge is 0.253 e. The van der Waals surface area contributed by atoms with Crippen molar-refractivity contribution in [2.75, 3.05) is 11.4 Å². The maximum Gasteiger partial charge on any atom is 0.253 e. The fourth-order valence-corrected chi connectivity index (χ4v) is 5.34. The molecule has 2 saturated carbocycles. The van der Waals surface area contributed by atoms with Gasteiger partial charge in [0.15, 0.2) is 0 Å². The summed E-state index contributed by atoms with van der Waals surface area (Å²) in [5.74, 6) is 0.603. The van der Waals surface area contributed by atoms with E-state index >= 15 is 0 Å². The molecule has 0 bridgehead atoms. The Balaban J connectivity index is 1.63. The van der Waals surface area contributed by atoms with Gasteiger partial charge in [0.25, 0.3) is 11.5 Å². The Hall–Kier alpha value is -2.76. The predicted molar refractivity (Wildman–Crippen MR) is 137 cm³/mol. The second-order valence-corrected chi connectivity index (χ2v) is 9.99. The molecular formula is C28H39N3O3. The fraction of sp³-hybridized carbons (Fsp3) is 0.571. The number of aromatic nitrogens is 1. The van der Waals surface area contributed by atoms with Gasteiger partial charge in [-0.05, 0) is 83.1 Å². The van der Waals surface area contributed by atoms with Crippen LogP contribution >= 0.6 is 0 Å². The molecule has 1 amide bonds. The van der Waals surface area contributed by atoms with Gasteiger partial charge in [0.05, 0.1) is 6.10 Å². The molecule has 2 fully saturated rings. The van der Waals surface area contributed by atoms with E-state index in [2.05, 4.69) is 28.2 Å². The highest BCUT2D eigenvalue weighted by Crippen LogP contribution is 2.36. The minimum Gasteiger partial charge on any atom is -0.490 e. The summed E-state index contributed by atoms with van der Waals surface area (Å²) >= 11 is 0. The SMILES string of the molecule is CCN(c1cc(OC2CCC2)cc(C(=O)NCc2c(C)cc(C)[nH]c2=O)c1C)C1CCCCC1. The van der Waals surface area contributed by atoms with E-state index in [4.69, 9.17) is 4.74 Å². The van der Waals surface area contributed by atoms with Crippen molar-refractivity contribution < 1.29 is 9.53 Å². The first-order valence-corrected chi connectivity index (χ1v) is 12.9. The van der Waals surface area contributed by atoms with E-state index in [1.165, 1.54) is 38.5 Å². The zero-order valence-electron chi connectivity index (χ0n) is 21.1. The third-order valence-corrected chi connectivity index (χ3v) is 7.54. The van der Waals surface area contributed by atoms with Crippen LogP contribution in [-0.4, -0.2) is 29.6 Å². The summed E-state index contributed by atoms with van der Waals surface area (Å²) in [6.45, 7) is 9.09. The average Bonchev–Trinajstić information content (AvgIpc) is 2.78. The number of rotatable bonds is 8. The minimum absolute atomic E-state index is 0.147. The number of aryl methyl sites for hydroxylation is 2. The maximum atomic E-state index is 13.4. The van der Waals surface area contributed by atoms with E-state index in [1.54, 1.807) is 0 Å². The van der Waals surface area contributed by atoms with Crippen molar-refractivity contribution in [3.63, 3.8) is 0 Å². The molecule has 0 spiro atoms. The molecule has 0 saturated heterocycles. The van der Waals surface area contributed by atoms with Crippen LogP contribution in [0.5, 0.6) is 5.75 Å². The van der Waals surface area contributed by atoms with Crippen LogP contribution in [0.25, 0.3) is 0 Å². The van der Waals surface area contributed by atoms with Crippen LogP contribution in [0.2, 0.25) is 0 Å².